The highest BCUT2D eigenvalue weighted by molar-refractivity contribution is 7.71. The van der Waals surface area contributed by atoms with E-state index in [1.807, 2.05) is 12.1 Å². The van der Waals surface area contributed by atoms with Crippen molar-refractivity contribution in [3.8, 4) is 0 Å². The molecule has 0 spiro atoms. The molecule has 20 heavy (non-hydrogen) atoms. The summed E-state index contributed by atoms with van der Waals surface area (Å²) >= 11 is 17.8. The van der Waals surface area contributed by atoms with Gasteiger partial charge in [-0.2, -0.15) is 0 Å². The third-order valence-electron chi connectivity index (χ3n) is 4.66. The number of fused-ring (bicyclic) bond motifs is 2. The molecule has 0 aliphatic carbocycles. The van der Waals surface area contributed by atoms with Crippen molar-refractivity contribution in [3.05, 3.63) is 26.9 Å². The van der Waals surface area contributed by atoms with Crippen molar-refractivity contribution >= 4 is 46.5 Å². The molecule has 1 aromatic carbocycles. The molecule has 2 fully saturated rings. The van der Waals surface area contributed by atoms with Gasteiger partial charge in [-0.3, -0.25) is 4.90 Å². The zero-order chi connectivity index (χ0) is 13.9. The van der Waals surface area contributed by atoms with Gasteiger partial charge in [0, 0.05) is 12.6 Å². The van der Waals surface area contributed by atoms with Gasteiger partial charge in [-0.05, 0) is 50.2 Å². The summed E-state index contributed by atoms with van der Waals surface area (Å²) in [6.45, 7) is 2.40. The van der Waals surface area contributed by atoms with Gasteiger partial charge >= 0.3 is 0 Å². The van der Waals surface area contributed by atoms with Crippen LogP contribution >= 0.6 is 35.4 Å². The van der Waals surface area contributed by atoms with Gasteiger partial charge in [0.2, 0.25) is 0 Å². The Bertz CT molecular complexity index is 736. The number of aromatic amines is 1. The van der Waals surface area contributed by atoms with Crippen molar-refractivity contribution in [2.24, 2.45) is 0 Å². The van der Waals surface area contributed by atoms with Crippen LogP contribution in [0.1, 0.15) is 25.3 Å². The van der Waals surface area contributed by atoms with E-state index in [0.29, 0.717) is 22.1 Å². The normalized spacial score (nSPS) is 26.5. The number of imidazole rings is 1. The molecule has 2 saturated heterocycles. The van der Waals surface area contributed by atoms with Crippen molar-refractivity contribution < 1.29 is 0 Å². The number of aromatic nitrogens is 2. The minimum Gasteiger partial charge on any atom is -0.331 e. The monoisotopic (exact) mass is 327 g/mol. The molecule has 2 aliphatic rings. The Hall–Kier alpha value is -0.550. The Kier molecular flexibility index (Phi) is 3.11. The first-order valence-corrected chi connectivity index (χ1v) is 8.15. The first-order valence-electron chi connectivity index (χ1n) is 6.98. The van der Waals surface area contributed by atoms with E-state index >= 15 is 0 Å². The Labute approximate surface area is 132 Å². The van der Waals surface area contributed by atoms with E-state index in [1.54, 1.807) is 0 Å². The molecular formula is C14H15Cl2N3S. The van der Waals surface area contributed by atoms with Gasteiger partial charge in [0.05, 0.1) is 27.1 Å². The predicted octanol–water partition coefficient (Wildman–Crippen LogP) is 4.41. The summed E-state index contributed by atoms with van der Waals surface area (Å²) in [5.74, 6) is 0. The smallest absolute Gasteiger partial charge is 0.178 e. The van der Waals surface area contributed by atoms with Crippen molar-refractivity contribution in [3.63, 3.8) is 0 Å². The van der Waals surface area contributed by atoms with Crippen LogP contribution in [0.25, 0.3) is 11.0 Å². The Morgan fingerprint density at radius 1 is 1.10 bits per heavy atom. The molecule has 0 amide bonds. The molecule has 3 heterocycles. The average Bonchev–Trinajstić information content (AvgIpc) is 3.05. The fourth-order valence-electron chi connectivity index (χ4n) is 3.81. The zero-order valence-corrected chi connectivity index (χ0v) is 13.2. The summed E-state index contributed by atoms with van der Waals surface area (Å²) < 4.78 is 3.03. The molecule has 2 unspecified atom stereocenters. The largest absolute Gasteiger partial charge is 0.331 e. The predicted molar refractivity (Wildman–Crippen MR) is 85.4 cm³/mol. The maximum Gasteiger partial charge on any atom is 0.178 e. The summed E-state index contributed by atoms with van der Waals surface area (Å²) in [6, 6.07) is 4.88. The van der Waals surface area contributed by atoms with Crippen LogP contribution in [0.2, 0.25) is 10.0 Å². The third kappa shape index (κ3) is 1.86. The van der Waals surface area contributed by atoms with E-state index in [1.165, 1.54) is 25.9 Å². The lowest BCUT2D eigenvalue weighted by atomic mass is 10.1. The van der Waals surface area contributed by atoms with Crippen molar-refractivity contribution in [1.82, 2.24) is 14.5 Å². The van der Waals surface area contributed by atoms with Crippen molar-refractivity contribution in [1.29, 1.82) is 0 Å². The first kappa shape index (κ1) is 13.1. The van der Waals surface area contributed by atoms with Gasteiger partial charge < -0.3 is 9.55 Å². The Balaban J connectivity index is 1.89. The number of hydrogen-bond acceptors (Lipinski definition) is 2. The topological polar surface area (TPSA) is 24.0 Å². The van der Waals surface area contributed by atoms with Crippen LogP contribution in [0.5, 0.6) is 0 Å². The van der Waals surface area contributed by atoms with Crippen LogP contribution in [0.15, 0.2) is 12.1 Å². The molecule has 1 aromatic heterocycles. The van der Waals surface area contributed by atoms with E-state index in [2.05, 4.69) is 14.5 Å². The summed E-state index contributed by atoms with van der Waals surface area (Å²) in [4.78, 5) is 5.85. The summed E-state index contributed by atoms with van der Waals surface area (Å²) in [7, 11) is 0. The van der Waals surface area contributed by atoms with Gasteiger partial charge in [-0.15, -0.1) is 0 Å². The van der Waals surface area contributed by atoms with Gasteiger partial charge in [0.1, 0.15) is 0 Å². The molecule has 2 aromatic rings. The molecule has 106 valence electrons. The first-order chi connectivity index (χ1) is 9.65. The molecule has 0 bridgehead atoms. The maximum atomic E-state index is 6.18. The van der Waals surface area contributed by atoms with Crippen LogP contribution in [0.3, 0.4) is 0 Å². The third-order valence-corrected chi connectivity index (χ3v) is 5.68. The van der Waals surface area contributed by atoms with E-state index in [4.69, 9.17) is 35.4 Å². The molecule has 1 N–H and O–H groups in total. The van der Waals surface area contributed by atoms with Gasteiger partial charge in [-0.1, -0.05) is 23.2 Å². The second-order valence-electron chi connectivity index (χ2n) is 5.69. The second-order valence-corrected chi connectivity index (χ2v) is 6.89. The van der Waals surface area contributed by atoms with E-state index in [-0.39, 0.29) is 0 Å². The quantitative estimate of drug-likeness (QED) is 0.784. The highest BCUT2D eigenvalue weighted by Crippen LogP contribution is 2.39. The fourth-order valence-corrected chi connectivity index (χ4v) is 4.47. The number of nitrogens with one attached hydrogen (secondary N) is 1. The van der Waals surface area contributed by atoms with Crippen LogP contribution in [-0.4, -0.2) is 33.6 Å². The highest BCUT2D eigenvalue weighted by atomic mass is 35.5. The van der Waals surface area contributed by atoms with Crippen molar-refractivity contribution in [2.75, 3.05) is 13.1 Å². The molecular weight excluding hydrogens is 313 g/mol. The van der Waals surface area contributed by atoms with Gasteiger partial charge in [-0.25, -0.2) is 0 Å². The second kappa shape index (κ2) is 4.73. The Morgan fingerprint density at radius 2 is 1.90 bits per heavy atom. The lowest BCUT2D eigenvalue weighted by Crippen LogP contribution is -2.27. The number of hydrogen-bond donors (Lipinski definition) is 1. The lowest BCUT2D eigenvalue weighted by Gasteiger charge is -2.22. The molecule has 0 saturated carbocycles. The van der Waals surface area contributed by atoms with E-state index in [0.717, 1.165) is 22.2 Å². The number of benzene rings is 1. The number of H-pyrrole nitrogens is 1. The zero-order valence-electron chi connectivity index (χ0n) is 10.9. The lowest BCUT2D eigenvalue weighted by molar-refractivity contribution is 0.291. The average molecular weight is 328 g/mol. The highest BCUT2D eigenvalue weighted by Gasteiger charge is 2.38. The molecule has 3 nitrogen and oxygen atoms in total. The van der Waals surface area contributed by atoms with Crippen LogP contribution in [0.4, 0.5) is 0 Å². The molecule has 2 aliphatic heterocycles. The van der Waals surface area contributed by atoms with E-state index in [9.17, 15) is 0 Å². The van der Waals surface area contributed by atoms with E-state index < -0.39 is 0 Å². The number of nitrogens with zero attached hydrogens (tertiary/aromatic N) is 2. The number of halogens is 2. The molecule has 6 heteroatoms. The SMILES string of the molecule is S=c1[nH]c2cc(Cl)c(Cl)cc2n1C1CCN2CCCC12. The Morgan fingerprint density at radius 3 is 2.75 bits per heavy atom. The fraction of sp³-hybridized carbons (Fsp3) is 0.500. The molecule has 2 atom stereocenters. The van der Waals surface area contributed by atoms with Gasteiger partial charge in [0.25, 0.3) is 0 Å². The maximum absolute atomic E-state index is 6.18. The molecule has 0 radical (unpaired) electrons. The summed E-state index contributed by atoms with van der Waals surface area (Å²) in [5, 5.41) is 1.15. The van der Waals surface area contributed by atoms with Crippen LogP contribution in [-0.2, 0) is 0 Å². The summed E-state index contributed by atoms with van der Waals surface area (Å²) in [6.07, 6.45) is 3.72. The number of rotatable bonds is 1. The molecule has 4 rings (SSSR count). The van der Waals surface area contributed by atoms with Crippen molar-refractivity contribution in [2.45, 2.75) is 31.3 Å². The van der Waals surface area contributed by atoms with Crippen LogP contribution in [0, 0.1) is 4.77 Å². The standard InChI is InChI=1S/C14H15Cl2N3S/c15-8-6-10-13(7-9(8)16)19(14(20)17-10)12-3-5-18-4-1-2-11(12)18/h6-7,11-12H,1-5H2,(H,17,20). The summed E-state index contributed by atoms with van der Waals surface area (Å²) in [5.41, 5.74) is 2.05. The van der Waals surface area contributed by atoms with Gasteiger partial charge in [0.15, 0.2) is 4.77 Å². The minimum atomic E-state index is 0.455. The minimum absolute atomic E-state index is 0.455. The van der Waals surface area contributed by atoms with Crippen LogP contribution < -0.4 is 0 Å².